The van der Waals surface area contributed by atoms with Crippen molar-refractivity contribution >= 4 is 28.5 Å². The number of nitrogens with one attached hydrogen (secondary N) is 2. The predicted octanol–water partition coefficient (Wildman–Crippen LogP) is 2.34. The molecule has 0 spiro atoms. The van der Waals surface area contributed by atoms with Gasteiger partial charge in [-0.05, 0) is 31.5 Å². The Morgan fingerprint density at radius 2 is 2.04 bits per heavy atom. The van der Waals surface area contributed by atoms with E-state index in [1.165, 1.54) is 0 Å². The second-order valence-corrected chi connectivity index (χ2v) is 5.60. The molecule has 3 rings (SSSR count). The van der Waals surface area contributed by atoms with Crippen LogP contribution in [0.25, 0.3) is 10.9 Å². The highest BCUT2D eigenvalue weighted by atomic mass is 19.4. The van der Waals surface area contributed by atoms with E-state index in [-0.39, 0.29) is 5.91 Å². The summed E-state index contributed by atoms with van der Waals surface area (Å²) in [5.41, 5.74) is 1.62. The van der Waals surface area contributed by atoms with Crippen molar-refractivity contribution in [2.45, 2.75) is 31.5 Å². The average Bonchev–Trinajstić information content (AvgIpc) is 3.08. The van der Waals surface area contributed by atoms with Gasteiger partial charge in [-0.25, -0.2) is 4.79 Å². The van der Waals surface area contributed by atoms with Crippen LogP contribution in [-0.4, -0.2) is 45.7 Å². The molecule has 0 aliphatic carbocycles. The van der Waals surface area contributed by atoms with Gasteiger partial charge in [0, 0.05) is 36.4 Å². The van der Waals surface area contributed by atoms with Gasteiger partial charge in [0.05, 0.1) is 11.2 Å². The maximum absolute atomic E-state index is 12.0. The molecule has 0 saturated carbocycles. The van der Waals surface area contributed by atoms with E-state index in [0.717, 1.165) is 36.0 Å². The minimum atomic E-state index is -5.08. The fourth-order valence-corrected chi connectivity index (χ4v) is 2.45. The fraction of sp³-hybridized carbons (Fsp3) is 0.375. The number of fused-ring (bicyclic) bond motifs is 1. The van der Waals surface area contributed by atoms with Gasteiger partial charge in [-0.15, -0.1) is 0 Å². The number of halogens is 3. The van der Waals surface area contributed by atoms with Crippen LogP contribution < -0.4 is 10.6 Å². The van der Waals surface area contributed by atoms with Crippen LogP contribution >= 0.6 is 0 Å². The number of aliphatic carboxylic acids is 1. The summed E-state index contributed by atoms with van der Waals surface area (Å²) in [5.74, 6) is -2.72. The zero-order valence-corrected chi connectivity index (χ0v) is 13.6. The number of alkyl halides is 3. The Morgan fingerprint density at radius 1 is 1.31 bits per heavy atom. The van der Waals surface area contributed by atoms with Gasteiger partial charge in [0.15, 0.2) is 0 Å². The van der Waals surface area contributed by atoms with Gasteiger partial charge in [-0.1, -0.05) is 0 Å². The van der Waals surface area contributed by atoms with Crippen molar-refractivity contribution in [2.75, 3.05) is 11.9 Å². The molecule has 26 heavy (non-hydrogen) atoms. The Balaban J connectivity index is 0.000000298. The molecule has 1 amide bonds. The van der Waals surface area contributed by atoms with E-state index in [0.29, 0.717) is 12.5 Å². The van der Waals surface area contributed by atoms with Crippen LogP contribution in [0.4, 0.5) is 18.9 Å². The molecule has 0 bridgehead atoms. The van der Waals surface area contributed by atoms with Crippen LogP contribution in [-0.2, 0) is 9.59 Å². The van der Waals surface area contributed by atoms with Gasteiger partial charge in [0.2, 0.25) is 5.91 Å². The van der Waals surface area contributed by atoms with Crippen LogP contribution in [0.3, 0.4) is 0 Å². The standard InChI is InChI=1S/C14H16N4O.C2HF3O2/c19-14(8-10-2-1-5-16-10)18-13-4-7-17-12-3-6-15-9-11(12)13;3-2(4,5)1(6)7/h3-4,6-7,9-10,16H,1-2,5,8H2,(H,17,18,19);(H,6,7). The number of nitrogens with zero attached hydrogens (tertiary/aromatic N) is 2. The van der Waals surface area contributed by atoms with Crippen LogP contribution in [0.15, 0.2) is 30.7 Å². The quantitative estimate of drug-likeness (QED) is 0.766. The molecule has 140 valence electrons. The zero-order valence-electron chi connectivity index (χ0n) is 13.6. The van der Waals surface area contributed by atoms with Crippen molar-refractivity contribution in [3.05, 3.63) is 30.7 Å². The van der Waals surface area contributed by atoms with Gasteiger partial charge in [0.1, 0.15) is 0 Å². The number of aromatic nitrogens is 2. The van der Waals surface area contributed by atoms with Gasteiger partial charge in [-0.3, -0.25) is 14.8 Å². The van der Waals surface area contributed by atoms with E-state index in [2.05, 4.69) is 20.6 Å². The number of anilines is 1. The van der Waals surface area contributed by atoms with E-state index < -0.39 is 12.1 Å². The normalized spacial score (nSPS) is 16.7. The molecule has 7 nitrogen and oxygen atoms in total. The first-order valence-corrected chi connectivity index (χ1v) is 7.79. The number of carbonyl (C=O) groups excluding carboxylic acids is 1. The summed E-state index contributed by atoms with van der Waals surface area (Å²) in [6.07, 6.45) is 2.79. The highest BCUT2D eigenvalue weighted by Crippen LogP contribution is 2.20. The lowest BCUT2D eigenvalue weighted by molar-refractivity contribution is -0.192. The van der Waals surface area contributed by atoms with Crippen LogP contribution in [0.2, 0.25) is 0 Å². The lowest BCUT2D eigenvalue weighted by Gasteiger charge is -2.11. The van der Waals surface area contributed by atoms with Crippen molar-refractivity contribution in [2.24, 2.45) is 0 Å². The van der Waals surface area contributed by atoms with Crippen LogP contribution in [0.5, 0.6) is 0 Å². The summed E-state index contributed by atoms with van der Waals surface area (Å²) in [5, 5.41) is 14.3. The lowest BCUT2D eigenvalue weighted by atomic mass is 10.1. The molecular formula is C16H17F3N4O3. The molecule has 1 aliphatic heterocycles. The van der Waals surface area contributed by atoms with Crippen molar-refractivity contribution in [3.63, 3.8) is 0 Å². The molecule has 1 aliphatic rings. The molecule has 2 aromatic heterocycles. The second kappa shape index (κ2) is 8.56. The first-order chi connectivity index (χ1) is 12.3. The molecule has 0 radical (unpaired) electrons. The monoisotopic (exact) mass is 370 g/mol. The lowest BCUT2D eigenvalue weighted by Crippen LogP contribution is -2.27. The van der Waals surface area contributed by atoms with Gasteiger partial charge >= 0.3 is 12.1 Å². The molecule has 3 heterocycles. The van der Waals surface area contributed by atoms with Crippen molar-refractivity contribution in [3.8, 4) is 0 Å². The van der Waals surface area contributed by atoms with Crippen molar-refractivity contribution < 1.29 is 27.9 Å². The molecular weight excluding hydrogens is 353 g/mol. The van der Waals surface area contributed by atoms with E-state index in [9.17, 15) is 18.0 Å². The van der Waals surface area contributed by atoms with E-state index in [4.69, 9.17) is 9.90 Å². The fourth-order valence-electron chi connectivity index (χ4n) is 2.45. The number of rotatable bonds is 3. The summed E-state index contributed by atoms with van der Waals surface area (Å²) < 4.78 is 31.7. The van der Waals surface area contributed by atoms with Gasteiger partial charge < -0.3 is 15.7 Å². The molecule has 2 aromatic rings. The minimum Gasteiger partial charge on any atom is -0.475 e. The number of carboxylic acids is 1. The Labute approximate surface area is 146 Å². The van der Waals surface area contributed by atoms with Crippen LogP contribution in [0, 0.1) is 0 Å². The van der Waals surface area contributed by atoms with E-state index >= 15 is 0 Å². The highest BCUT2D eigenvalue weighted by Gasteiger charge is 2.38. The summed E-state index contributed by atoms with van der Waals surface area (Å²) in [7, 11) is 0. The number of carboxylic acid groups (broad SMARTS) is 1. The minimum absolute atomic E-state index is 0.0377. The molecule has 10 heteroatoms. The molecule has 3 N–H and O–H groups in total. The Morgan fingerprint density at radius 3 is 2.65 bits per heavy atom. The third-order valence-corrected chi connectivity index (χ3v) is 3.65. The first-order valence-electron chi connectivity index (χ1n) is 7.79. The van der Waals surface area contributed by atoms with E-state index in [1.807, 2.05) is 12.1 Å². The third kappa shape index (κ3) is 5.66. The Hall–Kier alpha value is -2.75. The van der Waals surface area contributed by atoms with Crippen molar-refractivity contribution in [1.82, 2.24) is 15.3 Å². The SMILES string of the molecule is O=C(CC1CCCN1)Nc1ccnc2ccncc12.O=C(O)C(F)(F)F. The number of hydrogen-bond acceptors (Lipinski definition) is 5. The van der Waals surface area contributed by atoms with Crippen LogP contribution in [0.1, 0.15) is 19.3 Å². The number of pyridine rings is 2. The van der Waals surface area contributed by atoms with Crippen molar-refractivity contribution in [1.29, 1.82) is 0 Å². The maximum Gasteiger partial charge on any atom is 0.490 e. The Bertz CT molecular complexity index is 771. The summed E-state index contributed by atoms with van der Waals surface area (Å²) in [6, 6.07) is 3.96. The molecule has 1 saturated heterocycles. The molecule has 1 fully saturated rings. The summed E-state index contributed by atoms with van der Waals surface area (Å²) in [4.78, 5) is 29.2. The average molecular weight is 370 g/mol. The molecule has 1 atom stereocenters. The number of carbonyl (C=O) groups is 2. The maximum atomic E-state index is 12.0. The summed E-state index contributed by atoms with van der Waals surface area (Å²) in [6.45, 7) is 1.01. The number of hydrogen-bond donors (Lipinski definition) is 3. The second-order valence-electron chi connectivity index (χ2n) is 5.60. The molecule has 1 unspecified atom stereocenters. The smallest absolute Gasteiger partial charge is 0.475 e. The topological polar surface area (TPSA) is 104 Å². The predicted molar refractivity (Wildman–Crippen MR) is 87.5 cm³/mol. The Kier molecular flexibility index (Phi) is 6.45. The highest BCUT2D eigenvalue weighted by molar-refractivity contribution is 6.00. The zero-order chi connectivity index (χ0) is 19.2. The van der Waals surface area contributed by atoms with Gasteiger partial charge in [-0.2, -0.15) is 13.2 Å². The third-order valence-electron chi connectivity index (χ3n) is 3.65. The number of amides is 1. The summed E-state index contributed by atoms with van der Waals surface area (Å²) >= 11 is 0. The van der Waals surface area contributed by atoms with Gasteiger partial charge in [0.25, 0.3) is 0 Å². The van der Waals surface area contributed by atoms with E-state index in [1.54, 1.807) is 18.6 Å². The first kappa shape index (κ1) is 19.6. The largest absolute Gasteiger partial charge is 0.490 e. The molecule has 0 aromatic carbocycles.